The quantitative estimate of drug-likeness (QED) is 0.769. The molecule has 2 aromatic rings. The molecule has 25 heavy (non-hydrogen) atoms. The molecule has 6 nitrogen and oxygen atoms in total. The van der Waals surface area contributed by atoms with E-state index >= 15 is 0 Å². The van der Waals surface area contributed by atoms with Gasteiger partial charge >= 0.3 is 0 Å². The van der Waals surface area contributed by atoms with Crippen molar-refractivity contribution in [3.63, 3.8) is 0 Å². The van der Waals surface area contributed by atoms with Crippen molar-refractivity contribution in [1.29, 1.82) is 0 Å². The summed E-state index contributed by atoms with van der Waals surface area (Å²) in [7, 11) is -2.55. The van der Waals surface area contributed by atoms with Crippen molar-refractivity contribution < 1.29 is 17.9 Å². The standard InChI is InChI=1S/C17H19ClN2O4S/c1-3-10-19-17(21)12-8-9-13(18)16(11-12)25(22,23)20-14-6-4-5-7-15(14)24-2/h4-9,11,20H,3,10H2,1-2H3,(H,19,21). The molecule has 0 aliphatic heterocycles. The number of halogens is 1. The highest BCUT2D eigenvalue weighted by Crippen LogP contribution is 2.29. The summed E-state index contributed by atoms with van der Waals surface area (Å²) in [6, 6.07) is 10.7. The molecule has 0 aliphatic carbocycles. The molecule has 0 atom stereocenters. The summed E-state index contributed by atoms with van der Waals surface area (Å²) < 4.78 is 33.0. The first kappa shape index (κ1) is 19.1. The van der Waals surface area contributed by atoms with E-state index in [-0.39, 0.29) is 27.1 Å². The van der Waals surface area contributed by atoms with E-state index in [0.29, 0.717) is 12.3 Å². The number of rotatable bonds is 7. The number of sulfonamides is 1. The number of para-hydroxylation sites is 2. The first-order valence-corrected chi connectivity index (χ1v) is 9.48. The number of carbonyl (C=O) groups is 1. The fraction of sp³-hybridized carbons (Fsp3) is 0.235. The molecular weight excluding hydrogens is 364 g/mol. The van der Waals surface area contributed by atoms with Crippen LogP contribution < -0.4 is 14.8 Å². The summed E-state index contributed by atoms with van der Waals surface area (Å²) in [4.78, 5) is 11.9. The van der Waals surface area contributed by atoms with Gasteiger partial charge in [0.2, 0.25) is 0 Å². The second-order valence-electron chi connectivity index (χ2n) is 5.21. The van der Waals surface area contributed by atoms with Crippen LogP contribution in [0.5, 0.6) is 5.75 Å². The van der Waals surface area contributed by atoms with E-state index in [2.05, 4.69) is 10.0 Å². The smallest absolute Gasteiger partial charge is 0.263 e. The zero-order valence-electron chi connectivity index (χ0n) is 13.9. The van der Waals surface area contributed by atoms with Gasteiger partial charge in [-0.15, -0.1) is 0 Å². The second-order valence-corrected chi connectivity index (χ2v) is 7.26. The van der Waals surface area contributed by atoms with Crippen molar-refractivity contribution in [1.82, 2.24) is 5.32 Å². The number of amides is 1. The van der Waals surface area contributed by atoms with Gasteiger partial charge in [-0.1, -0.05) is 30.7 Å². The molecule has 2 aromatic carbocycles. The molecule has 2 rings (SSSR count). The molecule has 0 radical (unpaired) electrons. The Morgan fingerprint density at radius 3 is 2.60 bits per heavy atom. The molecule has 8 heteroatoms. The highest BCUT2D eigenvalue weighted by atomic mass is 35.5. The number of benzene rings is 2. The van der Waals surface area contributed by atoms with Crippen molar-refractivity contribution >= 4 is 33.2 Å². The van der Waals surface area contributed by atoms with Crippen LogP contribution in [-0.2, 0) is 10.0 Å². The largest absolute Gasteiger partial charge is 0.495 e. The number of ether oxygens (including phenoxy) is 1. The van der Waals surface area contributed by atoms with E-state index in [9.17, 15) is 13.2 Å². The van der Waals surface area contributed by atoms with Gasteiger partial charge < -0.3 is 10.1 Å². The zero-order chi connectivity index (χ0) is 18.4. The topological polar surface area (TPSA) is 84.5 Å². The minimum atomic E-state index is -4.00. The molecule has 0 heterocycles. The van der Waals surface area contributed by atoms with Crippen LogP contribution in [0.25, 0.3) is 0 Å². The molecule has 1 amide bonds. The van der Waals surface area contributed by atoms with Gasteiger partial charge in [0.15, 0.2) is 0 Å². The molecule has 0 saturated heterocycles. The molecule has 0 spiro atoms. The zero-order valence-corrected chi connectivity index (χ0v) is 15.4. The summed E-state index contributed by atoms with van der Waals surface area (Å²) in [6.45, 7) is 2.43. The Bertz CT molecular complexity index is 869. The second kappa shape index (κ2) is 8.22. The number of hydrogen-bond donors (Lipinski definition) is 2. The van der Waals surface area contributed by atoms with E-state index in [0.717, 1.165) is 6.42 Å². The highest BCUT2D eigenvalue weighted by molar-refractivity contribution is 7.92. The van der Waals surface area contributed by atoms with E-state index in [1.807, 2.05) is 6.92 Å². The lowest BCUT2D eigenvalue weighted by molar-refractivity contribution is 0.0953. The number of hydrogen-bond acceptors (Lipinski definition) is 4. The summed E-state index contributed by atoms with van der Waals surface area (Å²) in [5.74, 6) is 0.0197. The van der Waals surface area contributed by atoms with Gasteiger partial charge in [-0.3, -0.25) is 9.52 Å². The van der Waals surface area contributed by atoms with Crippen LogP contribution in [0.2, 0.25) is 5.02 Å². The van der Waals surface area contributed by atoms with Gasteiger partial charge in [0.05, 0.1) is 17.8 Å². The molecule has 0 aliphatic rings. The predicted molar refractivity (Wildman–Crippen MR) is 97.9 cm³/mol. The average molecular weight is 383 g/mol. The van der Waals surface area contributed by atoms with Crippen LogP contribution in [0.1, 0.15) is 23.7 Å². The summed E-state index contributed by atoms with van der Waals surface area (Å²) in [5, 5.41) is 2.72. The van der Waals surface area contributed by atoms with Crippen molar-refractivity contribution in [3.8, 4) is 5.75 Å². The molecule has 0 aromatic heterocycles. The van der Waals surface area contributed by atoms with Gasteiger partial charge in [0, 0.05) is 12.1 Å². The van der Waals surface area contributed by atoms with Crippen LogP contribution in [0.4, 0.5) is 5.69 Å². The molecule has 0 fully saturated rings. The van der Waals surface area contributed by atoms with Crippen LogP contribution in [0.15, 0.2) is 47.4 Å². The SMILES string of the molecule is CCCNC(=O)c1ccc(Cl)c(S(=O)(=O)Nc2ccccc2OC)c1. The molecule has 2 N–H and O–H groups in total. The number of anilines is 1. The number of methoxy groups -OCH3 is 1. The number of carbonyl (C=O) groups excluding carboxylic acids is 1. The first-order chi connectivity index (χ1) is 11.9. The predicted octanol–water partition coefficient (Wildman–Crippen LogP) is 3.29. The maximum Gasteiger partial charge on any atom is 0.263 e. The van der Waals surface area contributed by atoms with E-state index in [1.54, 1.807) is 24.3 Å². The Kier molecular flexibility index (Phi) is 6.27. The van der Waals surface area contributed by atoms with E-state index in [1.165, 1.54) is 25.3 Å². The Hall–Kier alpha value is -2.25. The molecule has 0 saturated carbocycles. The minimum absolute atomic E-state index is 0.0226. The fourth-order valence-corrected chi connectivity index (χ4v) is 3.72. The van der Waals surface area contributed by atoms with Crippen molar-refractivity contribution in [3.05, 3.63) is 53.1 Å². The van der Waals surface area contributed by atoms with Crippen LogP contribution >= 0.6 is 11.6 Å². The van der Waals surface area contributed by atoms with Crippen molar-refractivity contribution in [2.75, 3.05) is 18.4 Å². The summed E-state index contributed by atoms with van der Waals surface area (Å²) in [5.41, 5.74) is 0.500. The minimum Gasteiger partial charge on any atom is -0.495 e. The average Bonchev–Trinajstić information content (AvgIpc) is 2.60. The highest BCUT2D eigenvalue weighted by Gasteiger charge is 2.21. The third-order valence-corrected chi connectivity index (χ3v) is 5.22. The Labute approximate surface area is 152 Å². The van der Waals surface area contributed by atoms with Crippen molar-refractivity contribution in [2.45, 2.75) is 18.2 Å². The lowest BCUT2D eigenvalue weighted by Gasteiger charge is -2.13. The summed E-state index contributed by atoms with van der Waals surface area (Å²) >= 11 is 6.05. The van der Waals surface area contributed by atoms with Gasteiger partial charge in [0.1, 0.15) is 10.6 Å². The maximum absolute atomic E-state index is 12.7. The van der Waals surface area contributed by atoms with Crippen molar-refractivity contribution in [2.24, 2.45) is 0 Å². The molecule has 0 unspecified atom stereocenters. The molecule has 134 valence electrons. The monoisotopic (exact) mass is 382 g/mol. The Morgan fingerprint density at radius 1 is 1.20 bits per heavy atom. The van der Waals surface area contributed by atoms with Crippen LogP contribution in [0, 0.1) is 0 Å². The number of nitrogens with one attached hydrogen (secondary N) is 2. The van der Waals surface area contributed by atoms with Gasteiger partial charge in [0.25, 0.3) is 15.9 Å². The molecular formula is C17H19ClN2O4S. The maximum atomic E-state index is 12.7. The lowest BCUT2D eigenvalue weighted by atomic mass is 10.2. The Balaban J connectivity index is 2.37. The normalized spacial score (nSPS) is 11.0. The fourth-order valence-electron chi connectivity index (χ4n) is 2.12. The lowest BCUT2D eigenvalue weighted by Crippen LogP contribution is -2.24. The van der Waals surface area contributed by atoms with Gasteiger partial charge in [-0.05, 0) is 36.8 Å². The first-order valence-electron chi connectivity index (χ1n) is 7.62. The Morgan fingerprint density at radius 2 is 1.92 bits per heavy atom. The van der Waals surface area contributed by atoms with E-state index < -0.39 is 10.0 Å². The van der Waals surface area contributed by atoms with E-state index in [4.69, 9.17) is 16.3 Å². The van der Waals surface area contributed by atoms with Gasteiger partial charge in [-0.2, -0.15) is 0 Å². The third-order valence-electron chi connectivity index (χ3n) is 3.37. The van der Waals surface area contributed by atoms with Crippen LogP contribution in [0.3, 0.4) is 0 Å². The third kappa shape index (κ3) is 4.64. The molecule has 0 bridgehead atoms. The van der Waals surface area contributed by atoms with Gasteiger partial charge in [-0.25, -0.2) is 8.42 Å². The summed E-state index contributed by atoms with van der Waals surface area (Å²) in [6.07, 6.45) is 0.778. The van der Waals surface area contributed by atoms with Crippen LogP contribution in [-0.4, -0.2) is 28.0 Å².